The van der Waals surface area contributed by atoms with Gasteiger partial charge in [-0.15, -0.1) is 0 Å². The zero-order chi connectivity index (χ0) is 14.5. The van der Waals surface area contributed by atoms with E-state index in [9.17, 15) is 21.6 Å². The van der Waals surface area contributed by atoms with Crippen LogP contribution in [-0.4, -0.2) is 38.4 Å². The summed E-state index contributed by atoms with van der Waals surface area (Å²) in [7, 11) is -4.29. The Bertz CT molecular complexity index is 627. The molecule has 0 saturated carbocycles. The van der Waals surface area contributed by atoms with E-state index in [1.165, 1.54) is 0 Å². The highest BCUT2D eigenvalue weighted by atomic mass is 32.2. The Morgan fingerprint density at radius 1 is 1.15 bits per heavy atom. The molecule has 0 spiro atoms. The van der Waals surface area contributed by atoms with Crippen molar-refractivity contribution in [3.63, 3.8) is 0 Å². The first-order chi connectivity index (χ1) is 9.41. The van der Waals surface area contributed by atoms with Crippen molar-refractivity contribution in [2.24, 2.45) is 5.92 Å². The molecule has 110 valence electrons. The summed E-state index contributed by atoms with van der Waals surface area (Å²) in [5, 5.41) is 3.06. The molecule has 0 amide bonds. The van der Waals surface area contributed by atoms with Crippen molar-refractivity contribution < 1.29 is 21.6 Å². The lowest BCUT2D eigenvalue weighted by atomic mass is 10.1. The molecule has 2 fully saturated rings. The molecule has 0 unspecified atom stereocenters. The zero-order valence-corrected chi connectivity index (χ0v) is 11.3. The fourth-order valence-electron chi connectivity index (χ4n) is 3.00. The molecule has 0 aromatic heterocycles. The summed E-state index contributed by atoms with van der Waals surface area (Å²) in [4.78, 5) is -1.06. The van der Waals surface area contributed by atoms with Gasteiger partial charge in [-0.1, -0.05) is 0 Å². The number of halogens is 3. The average molecular weight is 306 g/mol. The summed E-state index contributed by atoms with van der Waals surface area (Å²) in [6.45, 7) is 1.40. The van der Waals surface area contributed by atoms with Crippen molar-refractivity contribution in [1.82, 2.24) is 9.62 Å². The van der Waals surface area contributed by atoms with Crippen molar-refractivity contribution in [3.05, 3.63) is 29.6 Å². The van der Waals surface area contributed by atoms with Gasteiger partial charge in [0.05, 0.1) is 0 Å². The number of nitrogens with one attached hydrogen (secondary N) is 1. The number of hydrogen-bond donors (Lipinski definition) is 1. The Morgan fingerprint density at radius 2 is 1.80 bits per heavy atom. The molecule has 0 aliphatic carbocycles. The van der Waals surface area contributed by atoms with E-state index in [0.29, 0.717) is 31.6 Å². The third kappa shape index (κ3) is 2.02. The number of hydrogen-bond acceptors (Lipinski definition) is 3. The van der Waals surface area contributed by atoms with E-state index in [0.717, 1.165) is 4.31 Å². The second kappa shape index (κ2) is 4.71. The van der Waals surface area contributed by atoms with Crippen LogP contribution in [0.1, 0.15) is 6.42 Å². The van der Waals surface area contributed by atoms with E-state index in [1.54, 1.807) is 0 Å². The van der Waals surface area contributed by atoms with Crippen LogP contribution in [0.4, 0.5) is 13.2 Å². The molecule has 1 aromatic rings. The standard InChI is InChI=1S/C12H13F3N2O2S/c13-8-3-9(14)12(10(15)4-8)20(18,19)17-2-1-7-5-16-6-11(7)17/h3-4,7,11,16H,1-2,5-6H2/t7-,11+/m0/s1. The average Bonchev–Trinajstić information content (AvgIpc) is 2.86. The molecule has 0 radical (unpaired) electrons. The van der Waals surface area contributed by atoms with Crippen molar-refractivity contribution in [1.29, 1.82) is 0 Å². The smallest absolute Gasteiger partial charge is 0.249 e. The van der Waals surface area contributed by atoms with Gasteiger partial charge in [0.25, 0.3) is 0 Å². The highest BCUT2D eigenvalue weighted by molar-refractivity contribution is 7.89. The number of fused-ring (bicyclic) bond motifs is 1. The van der Waals surface area contributed by atoms with E-state index < -0.39 is 32.4 Å². The second-order valence-corrected chi connectivity index (χ2v) is 6.92. The Labute approximate surface area is 114 Å². The molecule has 0 bridgehead atoms. The first kappa shape index (κ1) is 13.8. The number of sulfonamides is 1. The van der Waals surface area contributed by atoms with Crippen molar-refractivity contribution in [2.75, 3.05) is 19.6 Å². The first-order valence-corrected chi connectivity index (χ1v) is 7.72. The van der Waals surface area contributed by atoms with Crippen LogP contribution in [0.3, 0.4) is 0 Å². The first-order valence-electron chi connectivity index (χ1n) is 6.28. The summed E-state index contributed by atoms with van der Waals surface area (Å²) >= 11 is 0. The zero-order valence-electron chi connectivity index (χ0n) is 10.4. The maximum absolute atomic E-state index is 13.7. The van der Waals surface area contributed by atoms with Crippen LogP contribution in [0.5, 0.6) is 0 Å². The van der Waals surface area contributed by atoms with Gasteiger partial charge in [0.1, 0.15) is 17.5 Å². The summed E-state index contributed by atoms with van der Waals surface area (Å²) in [6, 6.07) is 0.483. The SMILES string of the molecule is O=S(=O)(c1c(F)cc(F)cc1F)N1CC[C@H]2CNC[C@H]21. The number of rotatable bonds is 2. The summed E-state index contributed by atoms with van der Waals surface area (Å²) in [6.07, 6.45) is 0.654. The van der Waals surface area contributed by atoms with Crippen LogP contribution in [0, 0.1) is 23.4 Å². The molecule has 2 heterocycles. The third-order valence-electron chi connectivity index (χ3n) is 3.92. The monoisotopic (exact) mass is 306 g/mol. The number of benzene rings is 1. The minimum Gasteiger partial charge on any atom is -0.315 e. The highest BCUT2D eigenvalue weighted by Gasteiger charge is 2.45. The Morgan fingerprint density at radius 3 is 2.45 bits per heavy atom. The fraction of sp³-hybridized carbons (Fsp3) is 0.500. The second-order valence-electron chi connectivity index (χ2n) is 5.09. The molecule has 2 aliphatic rings. The van der Waals surface area contributed by atoms with Gasteiger partial charge in [-0.3, -0.25) is 0 Å². The van der Waals surface area contributed by atoms with Gasteiger partial charge in [0, 0.05) is 31.3 Å². The van der Waals surface area contributed by atoms with Gasteiger partial charge in [0.15, 0.2) is 4.90 Å². The van der Waals surface area contributed by atoms with Gasteiger partial charge in [-0.2, -0.15) is 4.31 Å². The van der Waals surface area contributed by atoms with Gasteiger partial charge in [-0.25, -0.2) is 21.6 Å². The normalized spacial score (nSPS) is 26.9. The van der Waals surface area contributed by atoms with Gasteiger partial charge in [0.2, 0.25) is 10.0 Å². The minimum atomic E-state index is -4.29. The lowest BCUT2D eigenvalue weighted by molar-refractivity contribution is 0.376. The Balaban J connectivity index is 2.05. The molecular formula is C12H13F3N2O2S. The molecule has 3 rings (SSSR count). The maximum Gasteiger partial charge on any atom is 0.249 e. The molecule has 2 aliphatic heterocycles. The minimum absolute atomic E-state index is 0.163. The summed E-state index contributed by atoms with van der Waals surface area (Å²) in [5.74, 6) is -3.76. The quantitative estimate of drug-likeness (QED) is 0.890. The molecule has 1 N–H and O–H groups in total. The van der Waals surface area contributed by atoms with E-state index in [2.05, 4.69) is 5.32 Å². The van der Waals surface area contributed by atoms with E-state index in [4.69, 9.17) is 0 Å². The van der Waals surface area contributed by atoms with E-state index in [-0.39, 0.29) is 18.5 Å². The molecular weight excluding hydrogens is 293 g/mol. The van der Waals surface area contributed by atoms with Crippen molar-refractivity contribution in [3.8, 4) is 0 Å². The van der Waals surface area contributed by atoms with Gasteiger partial charge in [-0.05, 0) is 18.9 Å². The lowest BCUT2D eigenvalue weighted by Gasteiger charge is -2.23. The predicted molar refractivity (Wildman–Crippen MR) is 65.0 cm³/mol. The summed E-state index contributed by atoms with van der Waals surface area (Å²) < 4.78 is 66.3. The molecule has 4 nitrogen and oxygen atoms in total. The van der Waals surface area contributed by atoms with Crippen LogP contribution >= 0.6 is 0 Å². The van der Waals surface area contributed by atoms with Gasteiger partial charge < -0.3 is 5.32 Å². The van der Waals surface area contributed by atoms with Crippen LogP contribution < -0.4 is 5.32 Å². The Kier molecular flexibility index (Phi) is 3.26. The van der Waals surface area contributed by atoms with Crippen molar-refractivity contribution in [2.45, 2.75) is 17.4 Å². The molecule has 2 atom stereocenters. The molecule has 20 heavy (non-hydrogen) atoms. The summed E-state index contributed by atoms with van der Waals surface area (Å²) in [5.41, 5.74) is 0. The maximum atomic E-state index is 13.7. The lowest BCUT2D eigenvalue weighted by Crippen LogP contribution is -2.39. The van der Waals surface area contributed by atoms with Crippen LogP contribution in [0.25, 0.3) is 0 Å². The highest BCUT2D eigenvalue weighted by Crippen LogP contribution is 2.34. The van der Waals surface area contributed by atoms with E-state index >= 15 is 0 Å². The largest absolute Gasteiger partial charge is 0.315 e. The third-order valence-corrected chi connectivity index (χ3v) is 5.90. The molecule has 8 heteroatoms. The topological polar surface area (TPSA) is 49.4 Å². The number of nitrogens with zero attached hydrogens (tertiary/aromatic N) is 1. The Hall–Kier alpha value is -1.12. The predicted octanol–water partition coefficient (Wildman–Crippen LogP) is 1.09. The van der Waals surface area contributed by atoms with Crippen molar-refractivity contribution >= 4 is 10.0 Å². The molecule has 2 saturated heterocycles. The molecule has 1 aromatic carbocycles. The van der Waals surface area contributed by atoms with Crippen LogP contribution in [0.2, 0.25) is 0 Å². The fourth-order valence-corrected chi connectivity index (χ4v) is 4.79. The van der Waals surface area contributed by atoms with Gasteiger partial charge >= 0.3 is 0 Å². The van der Waals surface area contributed by atoms with Crippen LogP contribution in [-0.2, 0) is 10.0 Å². The van der Waals surface area contributed by atoms with Crippen LogP contribution in [0.15, 0.2) is 17.0 Å². The van der Waals surface area contributed by atoms with E-state index in [1.807, 2.05) is 0 Å².